The summed E-state index contributed by atoms with van der Waals surface area (Å²) in [4.78, 5) is 30.3. The Bertz CT molecular complexity index is 1240. The van der Waals surface area contributed by atoms with E-state index in [0.717, 1.165) is 16.1 Å². The van der Waals surface area contributed by atoms with Gasteiger partial charge in [-0.2, -0.15) is 9.50 Å². The van der Waals surface area contributed by atoms with Gasteiger partial charge in [0.2, 0.25) is 11.7 Å². The number of aromatic nitrogens is 4. The molecule has 4 rings (SSSR count). The molecule has 4 aromatic rings. The fourth-order valence-corrected chi connectivity index (χ4v) is 3.62. The van der Waals surface area contributed by atoms with E-state index in [1.165, 1.54) is 27.5 Å². The predicted octanol–water partition coefficient (Wildman–Crippen LogP) is 3.18. The van der Waals surface area contributed by atoms with Crippen LogP contribution in [0.4, 0.5) is 5.69 Å². The van der Waals surface area contributed by atoms with Gasteiger partial charge in [-0.3, -0.25) is 9.59 Å². The molecule has 0 unspecified atom stereocenters. The van der Waals surface area contributed by atoms with E-state index in [1.807, 2.05) is 49.6 Å². The third kappa shape index (κ3) is 3.34. The van der Waals surface area contributed by atoms with E-state index in [-0.39, 0.29) is 18.0 Å². The number of nitrogens with zero attached hydrogens (tertiary/aromatic N) is 4. The van der Waals surface area contributed by atoms with Crippen molar-refractivity contribution < 1.29 is 4.79 Å². The molecule has 1 N–H and O–H groups in total. The van der Waals surface area contributed by atoms with Crippen molar-refractivity contribution in [1.82, 2.24) is 19.2 Å². The predicted molar refractivity (Wildman–Crippen MR) is 110 cm³/mol. The average molecular weight is 393 g/mol. The maximum Gasteiger partial charge on any atom is 0.275 e. The molecule has 0 aliphatic carbocycles. The lowest BCUT2D eigenvalue weighted by atomic mass is 10.1. The number of benzene rings is 1. The van der Waals surface area contributed by atoms with Crippen LogP contribution >= 0.6 is 11.3 Å². The van der Waals surface area contributed by atoms with Crippen LogP contribution in [0.5, 0.6) is 0 Å². The monoisotopic (exact) mass is 393 g/mol. The van der Waals surface area contributed by atoms with Gasteiger partial charge in [0.1, 0.15) is 6.54 Å². The summed E-state index contributed by atoms with van der Waals surface area (Å²) >= 11 is 1.50. The largest absolute Gasteiger partial charge is 0.325 e. The molecule has 0 fully saturated rings. The Balaban J connectivity index is 1.68. The summed E-state index contributed by atoms with van der Waals surface area (Å²) in [6.07, 6.45) is 0. The Morgan fingerprint density at radius 3 is 2.68 bits per heavy atom. The van der Waals surface area contributed by atoms with Crippen LogP contribution < -0.4 is 10.9 Å². The maximum absolute atomic E-state index is 12.6. The SMILES string of the molecule is Cc1ccc(NC(=O)Cn2c(C)cc(=O)n3nc(-c4cccs4)nc23)cc1C. The number of rotatable bonds is 4. The molecule has 28 heavy (non-hydrogen) atoms. The molecule has 0 saturated carbocycles. The number of carbonyl (C=O) groups excluding carboxylic acids is 1. The molecule has 142 valence electrons. The van der Waals surface area contributed by atoms with E-state index in [0.29, 0.717) is 17.3 Å². The maximum atomic E-state index is 12.6. The van der Waals surface area contributed by atoms with Crippen LogP contribution in [0, 0.1) is 20.8 Å². The van der Waals surface area contributed by atoms with Gasteiger partial charge in [-0.1, -0.05) is 12.1 Å². The summed E-state index contributed by atoms with van der Waals surface area (Å²) in [5.41, 5.74) is 3.40. The number of aryl methyl sites for hydroxylation is 3. The van der Waals surface area contributed by atoms with Crippen LogP contribution in [0.3, 0.4) is 0 Å². The third-order valence-corrected chi connectivity index (χ3v) is 5.50. The van der Waals surface area contributed by atoms with Gasteiger partial charge in [-0.15, -0.1) is 16.4 Å². The zero-order valence-electron chi connectivity index (χ0n) is 15.8. The topological polar surface area (TPSA) is 81.3 Å². The second kappa shape index (κ2) is 7.05. The summed E-state index contributed by atoms with van der Waals surface area (Å²) in [5, 5.41) is 9.15. The fraction of sp³-hybridized carbons (Fsp3) is 0.200. The minimum absolute atomic E-state index is 0.0328. The van der Waals surface area contributed by atoms with E-state index < -0.39 is 0 Å². The van der Waals surface area contributed by atoms with Crippen molar-refractivity contribution in [2.45, 2.75) is 27.3 Å². The van der Waals surface area contributed by atoms with Gasteiger partial charge in [0.15, 0.2) is 5.82 Å². The first-order valence-corrected chi connectivity index (χ1v) is 9.68. The van der Waals surface area contributed by atoms with E-state index in [2.05, 4.69) is 15.4 Å². The van der Waals surface area contributed by atoms with Crippen LogP contribution in [-0.2, 0) is 11.3 Å². The van der Waals surface area contributed by atoms with Crippen molar-refractivity contribution in [1.29, 1.82) is 0 Å². The normalized spacial score (nSPS) is 11.1. The van der Waals surface area contributed by atoms with E-state index in [9.17, 15) is 9.59 Å². The van der Waals surface area contributed by atoms with Crippen LogP contribution in [0.2, 0.25) is 0 Å². The molecule has 7 nitrogen and oxygen atoms in total. The number of fused-ring (bicyclic) bond motifs is 1. The van der Waals surface area contributed by atoms with Gasteiger partial charge in [0.25, 0.3) is 5.56 Å². The van der Waals surface area contributed by atoms with Gasteiger partial charge >= 0.3 is 0 Å². The lowest BCUT2D eigenvalue weighted by molar-refractivity contribution is -0.116. The first-order valence-electron chi connectivity index (χ1n) is 8.80. The summed E-state index contributed by atoms with van der Waals surface area (Å²) in [5.74, 6) is 0.627. The molecule has 3 heterocycles. The Morgan fingerprint density at radius 1 is 1.14 bits per heavy atom. The molecule has 0 bridgehead atoms. The quantitative estimate of drug-likeness (QED) is 0.577. The Hall–Kier alpha value is -3.26. The highest BCUT2D eigenvalue weighted by Gasteiger charge is 2.16. The first-order chi connectivity index (χ1) is 13.4. The van der Waals surface area contributed by atoms with Crippen LogP contribution in [-0.4, -0.2) is 25.1 Å². The summed E-state index contributed by atoms with van der Waals surface area (Å²) < 4.78 is 2.94. The number of hydrogen-bond donors (Lipinski definition) is 1. The van der Waals surface area contributed by atoms with Gasteiger partial charge in [-0.05, 0) is 55.5 Å². The highest BCUT2D eigenvalue weighted by Crippen LogP contribution is 2.21. The lowest BCUT2D eigenvalue weighted by Gasteiger charge is -2.12. The highest BCUT2D eigenvalue weighted by atomic mass is 32.1. The zero-order valence-corrected chi connectivity index (χ0v) is 16.6. The molecule has 0 saturated heterocycles. The first kappa shape index (κ1) is 18.1. The summed E-state index contributed by atoms with van der Waals surface area (Å²) in [6.45, 7) is 5.84. The number of amides is 1. The van der Waals surface area contributed by atoms with E-state index >= 15 is 0 Å². The van der Waals surface area contributed by atoms with Gasteiger partial charge < -0.3 is 9.88 Å². The molecule has 0 aliphatic heterocycles. The Labute approximate surface area is 165 Å². The fourth-order valence-electron chi connectivity index (χ4n) is 2.97. The average Bonchev–Trinajstić information content (AvgIpc) is 3.31. The molecule has 3 aromatic heterocycles. The van der Waals surface area contributed by atoms with Crippen molar-refractivity contribution in [3.63, 3.8) is 0 Å². The molecule has 1 aromatic carbocycles. The molecular weight excluding hydrogens is 374 g/mol. The molecule has 1 amide bonds. The third-order valence-electron chi connectivity index (χ3n) is 4.63. The number of thiophene rings is 1. The van der Waals surface area contributed by atoms with Crippen molar-refractivity contribution in [2.75, 3.05) is 5.32 Å². The van der Waals surface area contributed by atoms with Gasteiger partial charge in [-0.25, -0.2) is 0 Å². The number of carbonyl (C=O) groups is 1. The van der Waals surface area contributed by atoms with Gasteiger partial charge in [0.05, 0.1) is 4.88 Å². The molecule has 0 atom stereocenters. The smallest absolute Gasteiger partial charge is 0.275 e. The second-order valence-corrected chi connectivity index (χ2v) is 7.63. The highest BCUT2D eigenvalue weighted by molar-refractivity contribution is 7.13. The molecule has 8 heteroatoms. The molecule has 0 aliphatic rings. The number of hydrogen-bond acceptors (Lipinski definition) is 5. The van der Waals surface area contributed by atoms with Crippen molar-refractivity contribution in [3.8, 4) is 10.7 Å². The minimum Gasteiger partial charge on any atom is -0.325 e. The molecule has 0 radical (unpaired) electrons. The molecular formula is C20H19N5O2S. The minimum atomic E-state index is -0.270. The molecule has 0 spiro atoms. The Morgan fingerprint density at radius 2 is 1.96 bits per heavy atom. The van der Waals surface area contributed by atoms with Crippen molar-refractivity contribution in [2.24, 2.45) is 0 Å². The lowest BCUT2D eigenvalue weighted by Crippen LogP contribution is -2.25. The summed E-state index contributed by atoms with van der Waals surface area (Å²) in [6, 6.07) is 11.0. The van der Waals surface area contributed by atoms with E-state index in [4.69, 9.17) is 0 Å². The number of anilines is 1. The van der Waals surface area contributed by atoms with Crippen LogP contribution in [0.15, 0.2) is 46.6 Å². The van der Waals surface area contributed by atoms with E-state index in [1.54, 1.807) is 11.5 Å². The second-order valence-electron chi connectivity index (χ2n) is 6.68. The van der Waals surface area contributed by atoms with Crippen LogP contribution in [0.25, 0.3) is 16.5 Å². The zero-order chi connectivity index (χ0) is 19.8. The van der Waals surface area contributed by atoms with Crippen molar-refractivity contribution >= 4 is 28.7 Å². The van der Waals surface area contributed by atoms with Crippen molar-refractivity contribution in [3.05, 3.63) is 69.0 Å². The van der Waals surface area contributed by atoms with Gasteiger partial charge in [0, 0.05) is 17.4 Å². The standard InChI is InChI=1S/C20H19N5O2S/c1-12-6-7-15(9-13(12)2)21-17(26)11-24-14(3)10-18(27)25-20(24)22-19(23-25)16-5-4-8-28-16/h4-10H,11H2,1-3H3,(H,21,26). The number of nitrogens with one attached hydrogen (secondary N) is 1. The van der Waals surface area contributed by atoms with Crippen LogP contribution in [0.1, 0.15) is 16.8 Å². The summed E-state index contributed by atoms with van der Waals surface area (Å²) in [7, 11) is 0. The Kier molecular flexibility index (Phi) is 4.56.